The van der Waals surface area contributed by atoms with Gasteiger partial charge in [-0.05, 0) is 30.5 Å². The zero-order valence-corrected chi connectivity index (χ0v) is 12.6. The molecule has 114 valence electrons. The molecule has 0 unspecified atom stereocenters. The van der Waals surface area contributed by atoms with Gasteiger partial charge in [0.2, 0.25) is 5.91 Å². The Balaban J connectivity index is 1.96. The summed E-state index contributed by atoms with van der Waals surface area (Å²) in [5, 5.41) is 14.8. The summed E-state index contributed by atoms with van der Waals surface area (Å²) in [4.78, 5) is 12.0. The number of nitrogens with two attached hydrogens (primary N) is 1. The van der Waals surface area contributed by atoms with Crippen LogP contribution in [-0.4, -0.2) is 17.0 Å². The van der Waals surface area contributed by atoms with Gasteiger partial charge in [0.1, 0.15) is 0 Å². The highest BCUT2D eigenvalue weighted by Gasteiger charge is 2.16. The number of nitrogens with zero attached hydrogens (tertiary/aromatic N) is 1. The fraction of sp³-hybridized carbons (Fsp3) is 0.467. The van der Waals surface area contributed by atoms with Gasteiger partial charge in [-0.2, -0.15) is 0 Å². The van der Waals surface area contributed by atoms with Gasteiger partial charge in [0, 0.05) is 12.0 Å². The third-order valence-corrected chi connectivity index (χ3v) is 4.23. The summed E-state index contributed by atoms with van der Waals surface area (Å²) >= 11 is 6.06. The van der Waals surface area contributed by atoms with E-state index in [0.29, 0.717) is 28.6 Å². The van der Waals surface area contributed by atoms with Crippen LogP contribution in [0.4, 0.5) is 5.69 Å². The van der Waals surface area contributed by atoms with E-state index >= 15 is 0 Å². The molecule has 1 fully saturated rings. The number of hydrogen-bond acceptors (Lipinski definition) is 3. The minimum Gasteiger partial charge on any atom is -0.409 e. The van der Waals surface area contributed by atoms with Crippen LogP contribution in [0, 0.1) is 5.92 Å². The van der Waals surface area contributed by atoms with Crippen LogP contribution in [0.3, 0.4) is 0 Å². The predicted octanol–water partition coefficient (Wildman–Crippen LogP) is 3.34. The summed E-state index contributed by atoms with van der Waals surface area (Å²) in [5.41, 5.74) is 6.52. The second kappa shape index (κ2) is 7.31. The van der Waals surface area contributed by atoms with Crippen LogP contribution in [0.1, 0.15) is 44.1 Å². The number of halogens is 1. The molecule has 5 nitrogen and oxygen atoms in total. The van der Waals surface area contributed by atoms with E-state index in [4.69, 9.17) is 22.5 Å². The lowest BCUT2D eigenvalue weighted by Gasteiger charge is -2.11. The number of oxime groups is 1. The van der Waals surface area contributed by atoms with Crippen molar-refractivity contribution >= 4 is 29.0 Å². The first-order valence-corrected chi connectivity index (χ1v) is 7.55. The van der Waals surface area contributed by atoms with Gasteiger partial charge < -0.3 is 16.3 Å². The third-order valence-electron chi connectivity index (χ3n) is 3.90. The standard InChI is InChI=1S/C15H20ClN3O2/c16-12-7-6-11(15(17)19-21)9-13(12)18-14(20)8-5-10-3-1-2-4-10/h6-7,9-10,21H,1-5,8H2,(H2,17,19)(H,18,20). The molecule has 6 heteroatoms. The van der Waals surface area contributed by atoms with Crippen molar-refractivity contribution in [1.29, 1.82) is 0 Å². The van der Waals surface area contributed by atoms with Crippen molar-refractivity contribution in [2.75, 3.05) is 5.32 Å². The summed E-state index contributed by atoms with van der Waals surface area (Å²) in [5.74, 6) is 0.600. The van der Waals surface area contributed by atoms with Crippen LogP contribution in [0.15, 0.2) is 23.4 Å². The molecule has 1 aromatic rings. The molecule has 2 rings (SSSR count). The maximum atomic E-state index is 12.0. The van der Waals surface area contributed by atoms with Crippen LogP contribution < -0.4 is 11.1 Å². The molecule has 0 aliphatic heterocycles. The Morgan fingerprint density at radius 2 is 2.14 bits per heavy atom. The molecule has 1 amide bonds. The first-order chi connectivity index (χ1) is 10.1. The van der Waals surface area contributed by atoms with E-state index in [1.165, 1.54) is 25.7 Å². The maximum Gasteiger partial charge on any atom is 0.224 e. The molecule has 0 radical (unpaired) electrons. The average molecular weight is 310 g/mol. The van der Waals surface area contributed by atoms with Gasteiger partial charge in [0.25, 0.3) is 0 Å². The quantitative estimate of drug-likeness (QED) is 0.337. The van der Waals surface area contributed by atoms with E-state index in [0.717, 1.165) is 6.42 Å². The molecule has 1 saturated carbocycles. The van der Waals surface area contributed by atoms with Crippen LogP contribution >= 0.6 is 11.6 Å². The Hall–Kier alpha value is -1.75. The van der Waals surface area contributed by atoms with Gasteiger partial charge in [0.15, 0.2) is 5.84 Å². The van der Waals surface area contributed by atoms with E-state index in [1.54, 1.807) is 18.2 Å². The molecule has 0 atom stereocenters. The number of benzene rings is 1. The van der Waals surface area contributed by atoms with Crippen molar-refractivity contribution < 1.29 is 10.0 Å². The van der Waals surface area contributed by atoms with Crippen LogP contribution in [0.2, 0.25) is 5.02 Å². The molecular weight excluding hydrogens is 290 g/mol. The number of amidine groups is 1. The largest absolute Gasteiger partial charge is 0.409 e. The van der Waals surface area contributed by atoms with Crippen molar-refractivity contribution in [1.82, 2.24) is 0 Å². The third kappa shape index (κ3) is 4.36. The summed E-state index contributed by atoms with van der Waals surface area (Å²) in [6, 6.07) is 4.85. The van der Waals surface area contributed by atoms with Crippen LogP contribution in [0.25, 0.3) is 0 Å². The zero-order chi connectivity index (χ0) is 15.2. The summed E-state index contributed by atoms with van der Waals surface area (Å²) in [6.45, 7) is 0. The number of carbonyl (C=O) groups excluding carboxylic acids is 1. The average Bonchev–Trinajstić information content (AvgIpc) is 3.00. The molecule has 1 aromatic carbocycles. The van der Waals surface area contributed by atoms with E-state index in [1.807, 2.05) is 0 Å². The van der Waals surface area contributed by atoms with E-state index in [9.17, 15) is 4.79 Å². The SMILES string of the molecule is N/C(=N/O)c1ccc(Cl)c(NC(=O)CCC2CCCC2)c1. The topological polar surface area (TPSA) is 87.7 Å². The molecule has 1 aliphatic carbocycles. The van der Waals surface area contributed by atoms with Crippen molar-refractivity contribution in [2.45, 2.75) is 38.5 Å². The lowest BCUT2D eigenvalue weighted by Crippen LogP contribution is -2.16. The molecule has 1 aliphatic rings. The van der Waals surface area contributed by atoms with Crippen molar-refractivity contribution in [3.05, 3.63) is 28.8 Å². The molecule has 0 heterocycles. The lowest BCUT2D eigenvalue weighted by atomic mass is 10.0. The number of rotatable bonds is 5. The fourth-order valence-electron chi connectivity index (χ4n) is 2.69. The number of anilines is 1. The molecule has 21 heavy (non-hydrogen) atoms. The molecular formula is C15H20ClN3O2. The normalized spacial score (nSPS) is 16.1. The summed E-state index contributed by atoms with van der Waals surface area (Å²) in [7, 11) is 0. The van der Waals surface area contributed by atoms with Crippen LogP contribution in [0.5, 0.6) is 0 Å². The van der Waals surface area contributed by atoms with Crippen molar-refractivity contribution in [3.8, 4) is 0 Å². The monoisotopic (exact) mass is 309 g/mol. The number of carbonyl (C=O) groups is 1. The highest BCUT2D eigenvalue weighted by molar-refractivity contribution is 6.33. The van der Waals surface area contributed by atoms with Gasteiger partial charge >= 0.3 is 0 Å². The highest BCUT2D eigenvalue weighted by atomic mass is 35.5. The van der Waals surface area contributed by atoms with Crippen molar-refractivity contribution in [2.24, 2.45) is 16.8 Å². The first kappa shape index (κ1) is 15.6. The van der Waals surface area contributed by atoms with Gasteiger partial charge in [-0.25, -0.2) is 0 Å². The summed E-state index contributed by atoms with van der Waals surface area (Å²) < 4.78 is 0. The minimum atomic E-state index is -0.0551. The summed E-state index contributed by atoms with van der Waals surface area (Å²) in [6.07, 6.45) is 6.43. The smallest absolute Gasteiger partial charge is 0.224 e. The highest BCUT2D eigenvalue weighted by Crippen LogP contribution is 2.29. The Bertz CT molecular complexity index is 540. The van der Waals surface area contributed by atoms with E-state index in [-0.39, 0.29) is 11.7 Å². The molecule has 0 saturated heterocycles. The second-order valence-electron chi connectivity index (χ2n) is 5.42. The molecule has 0 bridgehead atoms. The first-order valence-electron chi connectivity index (χ1n) is 7.17. The second-order valence-corrected chi connectivity index (χ2v) is 5.82. The number of hydrogen-bond donors (Lipinski definition) is 3. The zero-order valence-electron chi connectivity index (χ0n) is 11.8. The maximum absolute atomic E-state index is 12.0. The minimum absolute atomic E-state index is 0.0203. The Morgan fingerprint density at radius 1 is 1.43 bits per heavy atom. The molecule has 4 N–H and O–H groups in total. The number of nitrogens with one attached hydrogen (secondary N) is 1. The van der Waals surface area contributed by atoms with Crippen molar-refractivity contribution in [3.63, 3.8) is 0 Å². The van der Waals surface area contributed by atoms with E-state index < -0.39 is 0 Å². The number of amides is 1. The Labute approximate surface area is 129 Å². The van der Waals surface area contributed by atoms with Crippen LogP contribution in [-0.2, 0) is 4.79 Å². The van der Waals surface area contributed by atoms with Gasteiger partial charge in [-0.3, -0.25) is 4.79 Å². The van der Waals surface area contributed by atoms with E-state index in [2.05, 4.69) is 10.5 Å². The lowest BCUT2D eigenvalue weighted by molar-refractivity contribution is -0.116. The van der Waals surface area contributed by atoms with Gasteiger partial charge in [-0.15, -0.1) is 0 Å². The molecule has 0 aromatic heterocycles. The Kier molecular flexibility index (Phi) is 5.44. The van der Waals surface area contributed by atoms with Gasteiger partial charge in [-0.1, -0.05) is 42.4 Å². The molecule has 0 spiro atoms. The predicted molar refractivity (Wildman–Crippen MR) is 83.8 cm³/mol. The Morgan fingerprint density at radius 3 is 2.81 bits per heavy atom. The van der Waals surface area contributed by atoms with Gasteiger partial charge in [0.05, 0.1) is 10.7 Å². The fourth-order valence-corrected chi connectivity index (χ4v) is 2.85.